The smallest absolute Gasteiger partial charge is 0.257 e. The average molecular weight is 360 g/mol. The van der Waals surface area contributed by atoms with Crippen molar-refractivity contribution in [2.24, 2.45) is 10.7 Å². The standard InChI is InChI=1S/C17H17FN4O2S/c1-17(6-7-25-16(19)22-17)12-8-11(3-4-13(12)18)21-15(24)10-2-5-14(23)20-9-10/h2-5,8-9H,6-7H2,1H3,(H2,19,22)(H,20,23)(H,21,24). The van der Waals surface area contributed by atoms with Gasteiger partial charge in [0.2, 0.25) is 5.88 Å². The first-order valence-corrected chi connectivity index (χ1v) is 8.60. The van der Waals surface area contributed by atoms with E-state index in [0.717, 1.165) is 5.75 Å². The van der Waals surface area contributed by atoms with Crippen LogP contribution in [0, 0.1) is 5.82 Å². The van der Waals surface area contributed by atoms with Crippen molar-refractivity contribution in [2.75, 3.05) is 11.1 Å². The topological polar surface area (TPSA) is 101 Å². The number of aromatic nitrogens is 1. The minimum atomic E-state index is -0.764. The highest BCUT2D eigenvalue weighted by Crippen LogP contribution is 2.37. The molecule has 8 heteroatoms. The lowest BCUT2D eigenvalue weighted by atomic mass is 9.89. The summed E-state index contributed by atoms with van der Waals surface area (Å²) in [6, 6.07) is 7.14. The number of halogens is 1. The summed E-state index contributed by atoms with van der Waals surface area (Å²) in [6.45, 7) is 1.83. The van der Waals surface area contributed by atoms with E-state index in [2.05, 4.69) is 15.3 Å². The third-order valence-corrected chi connectivity index (χ3v) is 4.81. The van der Waals surface area contributed by atoms with Gasteiger partial charge in [0, 0.05) is 29.3 Å². The van der Waals surface area contributed by atoms with Crippen LogP contribution in [-0.2, 0) is 5.54 Å². The van der Waals surface area contributed by atoms with E-state index in [0.29, 0.717) is 22.8 Å². The number of nitrogens with zero attached hydrogens (tertiary/aromatic N) is 2. The lowest BCUT2D eigenvalue weighted by Crippen LogP contribution is -2.29. The summed E-state index contributed by atoms with van der Waals surface area (Å²) >= 11 is 1.44. The number of hydrogen-bond acceptors (Lipinski definition) is 6. The Labute approximate surface area is 148 Å². The van der Waals surface area contributed by atoms with Crippen LogP contribution in [0.15, 0.2) is 41.5 Å². The molecular weight excluding hydrogens is 343 g/mol. The molecule has 2 heterocycles. The molecule has 1 aliphatic heterocycles. The number of amidine groups is 1. The van der Waals surface area contributed by atoms with Crippen molar-refractivity contribution in [1.82, 2.24) is 4.98 Å². The van der Waals surface area contributed by atoms with Gasteiger partial charge in [0.15, 0.2) is 5.17 Å². The zero-order chi connectivity index (χ0) is 18.0. The molecule has 6 nitrogen and oxygen atoms in total. The molecule has 0 aliphatic carbocycles. The number of amides is 1. The Balaban J connectivity index is 1.88. The number of aromatic hydroxyl groups is 1. The molecule has 0 bridgehead atoms. The Morgan fingerprint density at radius 3 is 2.88 bits per heavy atom. The second-order valence-electron chi connectivity index (χ2n) is 5.88. The fourth-order valence-corrected chi connectivity index (χ4v) is 3.59. The van der Waals surface area contributed by atoms with Gasteiger partial charge >= 0.3 is 0 Å². The quantitative estimate of drug-likeness (QED) is 0.781. The molecule has 4 N–H and O–H groups in total. The molecule has 0 saturated heterocycles. The maximum Gasteiger partial charge on any atom is 0.257 e. The Hall–Kier alpha value is -2.61. The second-order valence-corrected chi connectivity index (χ2v) is 6.99. The molecule has 0 radical (unpaired) electrons. The van der Waals surface area contributed by atoms with E-state index in [9.17, 15) is 14.3 Å². The number of rotatable bonds is 3. The van der Waals surface area contributed by atoms with Crippen molar-refractivity contribution in [3.05, 3.63) is 53.5 Å². The van der Waals surface area contributed by atoms with Gasteiger partial charge in [0.25, 0.3) is 5.91 Å². The first-order chi connectivity index (χ1) is 11.9. The van der Waals surface area contributed by atoms with Crippen molar-refractivity contribution in [2.45, 2.75) is 18.9 Å². The normalized spacial score (nSPS) is 20.0. The van der Waals surface area contributed by atoms with Crippen LogP contribution in [-0.4, -0.2) is 26.9 Å². The van der Waals surface area contributed by atoms with E-state index in [1.165, 1.54) is 42.2 Å². The maximum absolute atomic E-state index is 14.4. The SMILES string of the molecule is CC1(c2cc(NC(=O)c3ccc(O)nc3)ccc2F)CCSC(N)=N1. The van der Waals surface area contributed by atoms with Crippen LogP contribution in [0.2, 0.25) is 0 Å². The number of nitrogens with two attached hydrogens (primary N) is 1. The lowest BCUT2D eigenvalue weighted by Gasteiger charge is -2.30. The van der Waals surface area contributed by atoms with Crippen LogP contribution >= 0.6 is 11.8 Å². The van der Waals surface area contributed by atoms with Crippen molar-refractivity contribution < 1.29 is 14.3 Å². The number of aliphatic imine (C=N–C) groups is 1. The van der Waals surface area contributed by atoms with Crippen molar-refractivity contribution in [3.8, 4) is 5.88 Å². The van der Waals surface area contributed by atoms with Crippen LogP contribution in [0.1, 0.15) is 29.3 Å². The Morgan fingerprint density at radius 2 is 2.20 bits per heavy atom. The average Bonchev–Trinajstić information content (AvgIpc) is 2.57. The number of carbonyl (C=O) groups is 1. The Morgan fingerprint density at radius 1 is 1.40 bits per heavy atom. The van der Waals surface area contributed by atoms with E-state index < -0.39 is 17.3 Å². The van der Waals surface area contributed by atoms with Crippen molar-refractivity contribution in [3.63, 3.8) is 0 Å². The third kappa shape index (κ3) is 3.74. The summed E-state index contributed by atoms with van der Waals surface area (Å²) in [6.07, 6.45) is 1.91. The molecule has 1 aromatic carbocycles. The number of carbonyl (C=O) groups excluding carboxylic acids is 1. The monoisotopic (exact) mass is 360 g/mol. The number of benzene rings is 1. The van der Waals surface area contributed by atoms with Crippen LogP contribution in [0.25, 0.3) is 0 Å². The molecule has 0 saturated carbocycles. The third-order valence-electron chi connectivity index (χ3n) is 4.01. The van der Waals surface area contributed by atoms with Gasteiger partial charge in [-0.1, -0.05) is 11.8 Å². The highest BCUT2D eigenvalue weighted by atomic mass is 32.2. The lowest BCUT2D eigenvalue weighted by molar-refractivity contribution is 0.102. The molecule has 1 amide bonds. The summed E-state index contributed by atoms with van der Waals surface area (Å²) < 4.78 is 14.4. The van der Waals surface area contributed by atoms with Crippen LogP contribution < -0.4 is 11.1 Å². The predicted molar refractivity (Wildman–Crippen MR) is 96.3 cm³/mol. The zero-order valence-electron chi connectivity index (χ0n) is 13.5. The van der Waals surface area contributed by atoms with E-state index in [1.807, 2.05) is 6.92 Å². The summed E-state index contributed by atoms with van der Waals surface area (Å²) in [5.74, 6) is -0.215. The molecule has 0 spiro atoms. The van der Waals surface area contributed by atoms with Gasteiger partial charge in [-0.3, -0.25) is 9.79 Å². The molecule has 1 aliphatic rings. The van der Waals surface area contributed by atoms with E-state index in [4.69, 9.17) is 5.73 Å². The number of anilines is 1. The molecule has 1 aromatic heterocycles. The fourth-order valence-electron chi connectivity index (χ4n) is 2.62. The molecule has 1 atom stereocenters. The molecule has 25 heavy (non-hydrogen) atoms. The van der Waals surface area contributed by atoms with Gasteiger partial charge in [-0.25, -0.2) is 9.37 Å². The molecular formula is C17H17FN4O2S. The van der Waals surface area contributed by atoms with Crippen LogP contribution in [0.3, 0.4) is 0 Å². The Bertz CT molecular complexity index is 841. The maximum atomic E-state index is 14.4. The van der Waals surface area contributed by atoms with Gasteiger partial charge in [-0.2, -0.15) is 0 Å². The van der Waals surface area contributed by atoms with E-state index in [-0.39, 0.29) is 11.4 Å². The summed E-state index contributed by atoms with van der Waals surface area (Å²) in [5, 5.41) is 12.3. The van der Waals surface area contributed by atoms with E-state index in [1.54, 1.807) is 6.07 Å². The highest BCUT2D eigenvalue weighted by Gasteiger charge is 2.32. The number of pyridine rings is 1. The molecule has 130 valence electrons. The number of hydrogen-bond donors (Lipinski definition) is 3. The highest BCUT2D eigenvalue weighted by molar-refractivity contribution is 8.13. The second kappa shape index (κ2) is 6.72. The first kappa shape index (κ1) is 17.2. The van der Waals surface area contributed by atoms with Crippen molar-refractivity contribution in [1.29, 1.82) is 0 Å². The predicted octanol–water partition coefficient (Wildman–Crippen LogP) is 2.85. The Kier molecular flexibility index (Phi) is 4.63. The van der Waals surface area contributed by atoms with Crippen molar-refractivity contribution >= 4 is 28.5 Å². The summed E-state index contributed by atoms with van der Waals surface area (Å²) in [4.78, 5) is 20.3. The van der Waals surface area contributed by atoms with Gasteiger partial charge < -0.3 is 16.2 Å². The summed E-state index contributed by atoms with van der Waals surface area (Å²) in [7, 11) is 0. The zero-order valence-corrected chi connectivity index (χ0v) is 14.3. The van der Waals surface area contributed by atoms with Gasteiger partial charge in [0.05, 0.1) is 11.1 Å². The van der Waals surface area contributed by atoms with Gasteiger partial charge in [0.1, 0.15) is 5.82 Å². The van der Waals surface area contributed by atoms with Gasteiger partial charge in [-0.05, 0) is 37.6 Å². The first-order valence-electron chi connectivity index (χ1n) is 7.62. The minimum absolute atomic E-state index is 0.167. The van der Waals surface area contributed by atoms with Crippen LogP contribution in [0.4, 0.5) is 10.1 Å². The molecule has 0 fully saturated rings. The molecule has 2 aromatic rings. The largest absolute Gasteiger partial charge is 0.493 e. The minimum Gasteiger partial charge on any atom is -0.493 e. The van der Waals surface area contributed by atoms with Crippen LogP contribution in [0.5, 0.6) is 5.88 Å². The summed E-state index contributed by atoms with van der Waals surface area (Å²) in [5.41, 5.74) is 6.15. The number of nitrogens with one attached hydrogen (secondary N) is 1. The molecule has 1 unspecified atom stereocenters. The van der Waals surface area contributed by atoms with Gasteiger partial charge in [-0.15, -0.1) is 0 Å². The number of thioether (sulfide) groups is 1. The molecule has 3 rings (SSSR count). The fraction of sp³-hybridized carbons (Fsp3) is 0.235. The van der Waals surface area contributed by atoms with E-state index >= 15 is 0 Å².